The summed E-state index contributed by atoms with van der Waals surface area (Å²) in [4.78, 5) is 66.7. The van der Waals surface area contributed by atoms with Gasteiger partial charge in [-0.2, -0.15) is 0 Å². The average molecular weight is 600 g/mol. The fraction of sp³-hybridized carbons (Fsp3) is 0.656. The van der Waals surface area contributed by atoms with Gasteiger partial charge in [0.25, 0.3) is 5.91 Å². The number of ketones is 1. The third kappa shape index (κ3) is 9.43. The van der Waals surface area contributed by atoms with Gasteiger partial charge in [0.2, 0.25) is 17.6 Å². The second-order valence-corrected chi connectivity index (χ2v) is 14.3. The van der Waals surface area contributed by atoms with Crippen LogP contribution in [0.2, 0.25) is 0 Å². The van der Waals surface area contributed by atoms with Gasteiger partial charge < -0.3 is 31.7 Å². The maximum absolute atomic E-state index is 14.2. The van der Waals surface area contributed by atoms with E-state index in [9.17, 15) is 29.1 Å². The first-order chi connectivity index (χ1) is 19.9. The molecule has 1 saturated carbocycles. The SMILES string of the molecule is CC(C)[C@@H]1C[C@@H](C(=O)NC(CC2CC2)C(=O)C(N)=O)N(C(=O)[C@@H](NC(=O)NC(C)(C)Cc2cccc(O)c2)C(C)(C)C)C1. The molecule has 238 valence electrons. The number of nitrogens with one attached hydrogen (secondary N) is 3. The summed E-state index contributed by atoms with van der Waals surface area (Å²) >= 11 is 0. The van der Waals surface area contributed by atoms with Gasteiger partial charge in [-0.25, -0.2) is 4.79 Å². The Morgan fingerprint density at radius 1 is 1.05 bits per heavy atom. The fourth-order valence-corrected chi connectivity index (χ4v) is 5.71. The molecule has 1 aromatic rings. The Labute approximate surface area is 254 Å². The number of phenolic OH excluding ortho intramolecular Hbond substituents is 1. The van der Waals surface area contributed by atoms with Crippen LogP contribution >= 0.6 is 0 Å². The lowest BCUT2D eigenvalue weighted by Crippen LogP contribution is -2.61. The van der Waals surface area contributed by atoms with Gasteiger partial charge in [-0.15, -0.1) is 0 Å². The molecule has 1 heterocycles. The molecule has 0 bridgehead atoms. The van der Waals surface area contributed by atoms with Crippen molar-refractivity contribution in [2.24, 2.45) is 28.9 Å². The number of hydrogen-bond acceptors (Lipinski definition) is 6. The van der Waals surface area contributed by atoms with Crippen LogP contribution < -0.4 is 21.7 Å². The minimum Gasteiger partial charge on any atom is -0.508 e. The molecule has 3 rings (SSSR count). The quantitative estimate of drug-likeness (QED) is 0.231. The summed E-state index contributed by atoms with van der Waals surface area (Å²) < 4.78 is 0. The van der Waals surface area contributed by atoms with Crippen molar-refractivity contribution in [3.63, 3.8) is 0 Å². The van der Waals surface area contributed by atoms with Crippen molar-refractivity contribution in [1.29, 1.82) is 0 Å². The van der Waals surface area contributed by atoms with E-state index >= 15 is 0 Å². The Kier molecular flexibility index (Phi) is 10.5. The van der Waals surface area contributed by atoms with Crippen LogP contribution in [0.25, 0.3) is 0 Å². The number of nitrogens with zero attached hydrogens (tertiary/aromatic N) is 1. The Bertz CT molecular complexity index is 1220. The van der Waals surface area contributed by atoms with E-state index in [0.29, 0.717) is 25.8 Å². The number of carbonyl (C=O) groups excluding carboxylic acids is 5. The van der Waals surface area contributed by atoms with Gasteiger partial charge in [0.1, 0.15) is 17.8 Å². The van der Waals surface area contributed by atoms with Gasteiger partial charge in [0, 0.05) is 12.1 Å². The summed E-state index contributed by atoms with van der Waals surface area (Å²) in [6.07, 6.45) is 3.03. The highest BCUT2D eigenvalue weighted by molar-refractivity contribution is 6.37. The van der Waals surface area contributed by atoms with Gasteiger partial charge in [0.05, 0.1) is 6.04 Å². The second-order valence-electron chi connectivity index (χ2n) is 14.3. The predicted molar refractivity (Wildman–Crippen MR) is 163 cm³/mol. The highest BCUT2D eigenvalue weighted by atomic mass is 16.3. The van der Waals surface area contributed by atoms with Crippen LogP contribution in [0.15, 0.2) is 24.3 Å². The standard InChI is InChI=1S/C32H49N5O6/c1-18(2)21-15-24(28(41)34-23(14-19-11-12-19)25(39)27(33)40)37(17-21)29(42)26(31(3,4)5)35-30(43)36-32(6,7)16-20-9-8-10-22(38)13-20/h8-10,13,18-19,21,23-24,26,38H,11-12,14-17H2,1-7H3,(H2,33,40)(H,34,41)(H2,35,36,43)/t21-,23?,24+,26-/m1/s1. The smallest absolute Gasteiger partial charge is 0.315 e. The van der Waals surface area contributed by atoms with Crippen LogP contribution in [-0.4, -0.2) is 69.8 Å². The zero-order valence-electron chi connectivity index (χ0n) is 26.5. The van der Waals surface area contributed by atoms with E-state index in [-0.39, 0.29) is 23.5 Å². The first-order valence-corrected chi connectivity index (χ1v) is 15.2. The molecule has 1 aromatic carbocycles. The van der Waals surface area contributed by atoms with E-state index in [4.69, 9.17) is 5.73 Å². The molecule has 1 aliphatic carbocycles. The van der Waals surface area contributed by atoms with Crippen molar-refractivity contribution in [2.45, 2.75) is 104 Å². The van der Waals surface area contributed by atoms with E-state index in [1.165, 1.54) is 4.90 Å². The molecule has 11 heteroatoms. The highest BCUT2D eigenvalue weighted by Crippen LogP contribution is 2.35. The molecule has 1 aliphatic heterocycles. The molecule has 11 nitrogen and oxygen atoms in total. The maximum Gasteiger partial charge on any atom is 0.315 e. The number of hydrogen-bond donors (Lipinski definition) is 5. The van der Waals surface area contributed by atoms with Gasteiger partial charge >= 0.3 is 6.03 Å². The topological polar surface area (TPSA) is 171 Å². The van der Waals surface area contributed by atoms with Crippen LogP contribution in [0.5, 0.6) is 5.75 Å². The van der Waals surface area contributed by atoms with E-state index in [1.807, 2.05) is 54.5 Å². The third-order valence-electron chi connectivity index (χ3n) is 8.40. The van der Waals surface area contributed by atoms with Gasteiger partial charge in [-0.3, -0.25) is 19.2 Å². The zero-order chi connectivity index (χ0) is 32.3. The Balaban J connectivity index is 1.78. The molecular weight excluding hydrogens is 550 g/mol. The summed E-state index contributed by atoms with van der Waals surface area (Å²) in [7, 11) is 0. The fourth-order valence-electron chi connectivity index (χ4n) is 5.71. The zero-order valence-corrected chi connectivity index (χ0v) is 26.5. The lowest BCUT2D eigenvalue weighted by Gasteiger charge is -2.36. The summed E-state index contributed by atoms with van der Waals surface area (Å²) in [5, 5.41) is 18.3. The Morgan fingerprint density at radius 3 is 2.23 bits per heavy atom. The van der Waals surface area contributed by atoms with Crippen LogP contribution in [0.3, 0.4) is 0 Å². The Morgan fingerprint density at radius 2 is 1.70 bits per heavy atom. The molecule has 43 heavy (non-hydrogen) atoms. The van der Waals surface area contributed by atoms with Crippen molar-refractivity contribution in [1.82, 2.24) is 20.9 Å². The van der Waals surface area contributed by atoms with Crippen molar-refractivity contribution < 1.29 is 29.1 Å². The van der Waals surface area contributed by atoms with Crippen molar-refractivity contribution in [3.8, 4) is 5.75 Å². The normalized spacial score (nSPS) is 20.3. The van der Waals surface area contributed by atoms with E-state index in [2.05, 4.69) is 16.0 Å². The van der Waals surface area contributed by atoms with Gasteiger partial charge in [-0.1, -0.05) is 59.6 Å². The molecular formula is C32H49N5O6. The van der Waals surface area contributed by atoms with Gasteiger partial charge in [0.15, 0.2) is 0 Å². The highest BCUT2D eigenvalue weighted by Gasteiger charge is 2.46. The lowest BCUT2D eigenvalue weighted by atomic mass is 9.85. The van der Waals surface area contributed by atoms with Crippen molar-refractivity contribution >= 4 is 29.5 Å². The number of amides is 5. The Hall–Kier alpha value is -3.63. The molecule has 1 unspecified atom stereocenters. The average Bonchev–Trinajstić information content (AvgIpc) is 3.57. The van der Waals surface area contributed by atoms with Crippen LogP contribution in [0, 0.1) is 23.2 Å². The minimum absolute atomic E-state index is 0.0316. The monoisotopic (exact) mass is 599 g/mol. The summed E-state index contributed by atoms with van der Waals surface area (Å²) in [5.41, 5.74) is 4.71. The molecule has 5 amide bonds. The number of urea groups is 1. The first kappa shape index (κ1) is 33.9. The van der Waals surface area contributed by atoms with E-state index in [1.54, 1.807) is 18.2 Å². The maximum atomic E-state index is 14.2. The molecule has 2 fully saturated rings. The number of aromatic hydroxyl groups is 1. The minimum atomic E-state index is -1.10. The van der Waals surface area contributed by atoms with Crippen LogP contribution in [0.1, 0.15) is 79.7 Å². The lowest BCUT2D eigenvalue weighted by molar-refractivity contribution is -0.143. The predicted octanol–water partition coefficient (Wildman–Crippen LogP) is 2.64. The molecule has 6 N–H and O–H groups in total. The van der Waals surface area contributed by atoms with Crippen LogP contribution in [-0.2, 0) is 25.6 Å². The largest absolute Gasteiger partial charge is 0.508 e. The number of carbonyl (C=O) groups is 5. The van der Waals surface area contributed by atoms with E-state index in [0.717, 1.165) is 18.4 Å². The second kappa shape index (κ2) is 13.3. The summed E-state index contributed by atoms with van der Waals surface area (Å²) in [6.45, 7) is 13.6. The molecule has 0 spiro atoms. The number of likely N-dealkylation sites (tertiary alicyclic amines) is 1. The molecule has 1 saturated heterocycles. The molecule has 4 atom stereocenters. The van der Waals surface area contributed by atoms with Gasteiger partial charge in [-0.05, 0) is 74.0 Å². The number of Topliss-reactive ketones (excluding diaryl/α,β-unsaturated/α-hetero) is 1. The number of primary amides is 1. The summed E-state index contributed by atoms with van der Waals surface area (Å²) in [5.74, 6) is -2.22. The van der Waals surface area contributed by atoms with Crippen molar-refractivity contribution in [3.05, 3.63) is 29.8 Å². The molecule has 0 aromatic heterocycles. The number of rotatable bonds is 12. The molecule has 2 aliphatic rings. The summed E-state index contributed by atoms with van der Waals surface area (Å²) in [6, 6.07) is 3.43. The first-order valence-electron chi connectivity index (χ1n) is 15.2. The molecule has 0 radical (unpaired) electrons. The van der Waals surface area contributed by atoms with E-state index < -0.39 is 58.6 Å². The number of benzene rings is 1. The number of phenols is 1. The third-order valence-corrected chi connectivity index (χ3v) is 8.40. The van der Waals surface area contributed by atoms with Crippen molar-refractivity contribution in [2.75, 3.05) is 6.54 Å². The van der Waals surface area contributed by atoms with Crippen LogP contribution in [0.4, 0.5) is 4.79 Å². The number of nitrogens with two attached hydrogens (primary N) is 1.